The predicted octanol–water partition coefficient (Wildman–Crippen LogP) is 13.3. The second kappa shape index (κ2) is 17.1. The van der Waals surface area contributed by atoms with Crippen molar-refractivity contribution < 1.29 is 22.8 Å². The molecule has 0 aliphatic heterocycles. The summed E-state index contributed by atoms with van der Waals surface area (Å²) in [6.45, 7) is 7.81. The molecule has 2 nitrogen and oxygen atoms in total. The van der Waals surface area contributed by atoms with E-state index in [4.69, 9.17) is 6.35 Å². The molecule has 1 atom stereocenters. The summed E-state index contributed by atoms with van der Waals surface area (Å²) in [5, 5.41) is 2.44. The molecule has 0 saturated carbocycles. The fraction of sp³-hybridized carbons (Fsp3) is 0.184. The minimum Gasteiger partial charge on any atom is 0 e. The van der Waals surface area contributed by atoms with Crippen molar-refractivity contribution in [2.75, 3.05) is 0 Å². The van der Waals surface area contributed by atoms with Gasteiger partial charge in [0.1, 0.15) is 0 Å². The molecule has 8 aromatic rings. The third-order valence-electron chi connectivity index (χ3n) is 9.74. The first-order valence-electron chi connectivity index (χ1n) is 19.1. The molecular formula is C49H46GeIrN2S-2. The number of pyridine rings is 2. The predicted molar refractivity (Wildman–Crippen MR) is 231 cm³/mol. The maximum Gasteiger partial charge on any atom is 0 e. The standard InChI is InChI=1S/C35H30NS.C14H16GeN.Ir/c1-22(2)25-11-13-26(14-12-25)24(4)27-17-18-36-33(20-27)32-10-6-9-31-30-16-15-29(21-34(30)37-35(31)32)28-8-5-7-23(3)19-28;1-15(2,3)13-9-10-14(16-11-13)12-7-5-4-6-8-12;/h5-9,11-22,24H,1-4H3;4-7,9-11H,1-3H3;/q2*-1;/i22D,24D;;. The van der Waals surface area contributed by atoms with Crippen LogP contribution in [0.1, 0.15) is 57.6 Å². The average Bonchev–Trinajstić information content (AvgIpc) is 3.56. The van der Waals surface area contributed by atoms with Gasteiger partial charge in [-0.05, 0) is 68.5 Å². The van der Waals surface area contributed by atoms with Gasteiger partial charge in [-0.25, -0.2) is 0 Å². The second-order valence-corrected chi connectivity index (χ2v) is 26.6. The van der Waals surface area contributed by atoms with Gasteiger partial charge >= 0.3 is 99.8 Å². The van der Waals surface area contributed by atoms with Crippen molar-refractivity contribution in [3.05, 3.63) is 174 Å². The molecule has 54 heavy (non-hydrogen) atoms. The number of hydrogen-bond donors (Lipinski definition) is 0. The second-order valence-electron chi connectivity index (χ2n) is 14.9. The molecule has 3 heterocycles. The molecule has 8 rings (SSSR count). The van der Waals surface area contributed by atoms with Crippen molar-refractivity contribution in [1.29, 1.82) is 0 Å². The van der Waals surface area contributed by atoms with Crippen LogP contribution in [-0.2, 0) is 20.1 Å². The Kier molecular flexibility index (Phi) is 11.6. The minimum absolute atomic E-state index is 0. The van der Waals surface area contributed by atoms with Crippen LogP contribution in [0, 0.1) is 19.1 Å². The van der Waals surface area contributed by atoms with E-state index in [1.54, 1.807) is 17.5 Å². The summed E-state index contributed by atoms with van der Waals surface area (Å²) in [6, 6.07) is 50.2. The van der Waals surface area contributed by atoms with Crippen molar-refractivity contribution in [2.45, 2.75) is 56.8 Å². The van der Waals surface area contributed by atoms with Crippen molar-refractivity contribution >= 4 is 49.2 Å². The number of nitrogens with zero attached hydrogens (tertiary/aromatic N) is 2. The van der Waals surface area contributed by atoms with Gasteiger partial charge in [0.15, 0.2) is 0 Å². The summed E-state index contributed by atoms with van der Waals surface area (Å²) in [6.07, 6.45) is 3.84. The largest absolute Gasteiger partial charge is 0 e. The molecule has 1 radical (unpaired) electrons. The SMILES string of the molecule is [2H]C(C)(C)c1ccc(C([2H])(C)c2ccnc(-c3[c-]ccc4c3sc3cc(-c5cccc(C)c5)ccc34)c2)cc1.[CH3][Ge]([CH3])([CH3])[c]1ccc(-c2[c-]cccc2)nc1.[Ir]. The summed E-state index contributed by atoms with van der Waals surface area (Å²) < 4.78 is 21.4. The van der Waals surface area contributed by atoms with Crippen LogP contribution in [0.15, 0.2) is 140 Å². The number of rotatable bonds is 7. The average molecular weight is 962 g/mol. The number of aryl methyl sites for hydroxylation is 1. The molecule has 3 aromatic heterocycles. The molecule has 0 bridgehead atoms. The Balaban J connectivity index is 0.000000263. The maximum atomic E-state index is 9.28. The molecule has 0 amide bonds. The van der Waals surface area contributed by atoms with E-state index in [-0.39, 0.29) is 20.1 Å². The van der Waals surface area contributed by atoms with Gasteiger partial charge in [-0.2, -0.15) is 11.3 Å². The maximum absolute atomic E-state index is 9.28. The van der Waals surface area contributed by atoms with E-state index in [1.807, 2.05) is 93.7 Å². The Bertz CT molecular complexity index is 2590. The monoisotopic (exact) mass is 963 g/mol. The summed E-state index contributed by atoms with van der Waals surface area (Å²) in [5.41, 5.74) is 10.3. The van der Waals surface area contributed by atoms with Crippen molar-refractivity contribution in [1.82, 2.24) is 9.97 Å². The molecule has 0 fully saturated rings. The quantitative estimate of drug-likeness (QED) is 0.117. The fourth-order valence-electron chi connectivity index (χ4n) is 6.51. The molecule has 0 N–H and O–H groups in total. The van der Waals surface area contributed by atoms with Gasteiger partial charge in [0, 0.05) is 39.6 Å². The third-order valence-corrected chi connectivity index (χ3v) is 15.2. The van der Waals surface area contributed by atoms with Crippen LogP contribution < -0.4 is 4.40 Å². The fourth-order valence-corrected chi connectivity index (χ4v) is 9.93. The van der Waals surface area contributed by atoms with Gasteiger partial charge in [-0.15, -0.1) is 23.8 Å². The van der Waals surface area contributed by atoms with E-state index < -0.39 is 25.1 Å². The van der Waals surface area contributed by atoms with Crippen LogP contribution in [0.4, 0.5) is 0 Å². The Morgan fingerprint density at radius 2 is 1.44 bits per heavy atom. The van der Waals surface area contributed by atoms with Crippen molar-refractivity contribution in [3.63, 3.8) is 0 Å². The molecule has 0 aliphatic rings. The molecule has 0 aliphatic carbocycles. The van der Waals surface area contributed by atoms with Crippen LogP contribution in [0.2, 0.25) is 17.3 Å². The van der Waals surface area contributed by atoms with E-state index in [0.29, 0.717) is 0 Å². The van der Waals surface area contributed by atoms with Gasteiger partial charge in [-0.3, -0.25) is 0 Å². The van der Waals surface area contributed by atoms with Crippen LogP contribution >= 0.6 is 11.3 Å². The zero-order valence-electron chi connectivity index (χ0n) is 33.9. The number of fused-ring (bicyclic) bond motifs is 3. The van der Waals surface area contributed by atoms with E-state index >= 15 is 0 Å². The molecule has 5 heteroatoms. The molecule has 5 aromatic carbocycles. The Morgan fingerprint density at radius 3 is 2.13 bits per heavy atom. The van der Waals surface area contributed by atoms with Crippen LogP contribution in [0.3, 0.4) is 0 Å². The summed E-state index contributed by atoms with van der Waals surface area (Å²) >= 11 is 0.0580. The molecule has 0 spiro atoms. The van der Waals surface area contributed by atoms with Crippen molar-refractivity contribution in [3.8, 4) is 33.6 Å². The van der Waals surface area contributed by atoms with E-state index in [0.717, 1.165) is 43.9 Å². The first-order chi connectivity index (χ1) is 26.2. The van der Waals surface area contributed by atoms with Crippen LogP contribution in [-0.4, -0.2) is 23.2 Å². The molecular weight excluding hydrogens is 913 g/mol. The third kappa shape index (κ3) is 8.85. The number of benzene rings is 5. The van der Waals surface area contributed by atoms with Crippen LogP contribution in [0.25, 0.3) is 53.8 Å². The van der Waals surface area contributed by atoms with E-state index in [1.165, 1.54) is 36.6 Å². The van der Waals surface area contributed by atoms with Crippen molar-refractivity contribution in [2.24, 2.45) is 0 Å². The molecule has 273 valence electrons. The Morgan fingerprint density at radius 1 is 0.667 bits per heavy atom. The number of thiophene rings is 1. The minimum atomic E-state index is -1.72. The van der Waals surface area contributed by atoms with Gasteiger partial charge in [-0.1, -0.05) is 98.5 Å². The number of aromatic nitrogens is 2. The Labute approximate surface area is 344 Å². The normalized spacial score (nSPS) is 13.2. The first-order valence-corrected chi connectivity index (χ1v) is 26.3. The summed E-state index contributed by atoms with van der Waals surface area (Å²) in [4.78, 5) is 9.26. The number of hydrogen-bond acceptors (Lipinski definition) is 3. The summed E-state index contributed by atoms with van der Waals surface area (Å²) in [7, 11) is 0. The van der Waals surface area contributed by atoms with E-state index in [2.05, 4.69) is 102 Å². The van der Waals surface area contributed by atoms with E-state index in [9.17, 15) is 1.37 Å². The smallest absolute Gasteiger partial charge is 0 e. The molecule has 0 saturated heterocycles. The van der Waals surface area contributed by atoms with Gasteiger partial charge < -0.3 is 4.98 Å². The van der Waals surface area contributed by atoms with Crippen LogP contribution in [0.5, 0.6) is 0 Å². The van der Waals surface area contributed by atoms with Gasteiger partial charge in [0.05, 0.1) is 0 Å². The topological polar surface area (TPSA) is 25.8 Å². The molecule has 1 unspecified atom stereocenters. The van der Waals surface area contributed by atoms with Gasteiger partial charge in [0.2, 0.25) is 0 Å². The zero-order valence-corrected chi connectivity index (χ0v) is 37.2. The van der Waals surface area contributed by atoms with Gasteiger partial charge in [0.25, 0.3) is 0 Å². The first kappa shape index (κ1) is 36.8. The summed E-state index contributed by atoms with van der Waals surface area (Å²) in [5.74, 6) is 5.52. The zero-order chi connectivity index (χ0) is 39.0. The Hall–Kier alpha value is -4.19.